The fourth-order valence-corrected chi connectivity index (χ4v) is 7.40. The highest BCUT2D eigenvalue weighted by Crippen LogP contribution is 2.65. The van der Waals surface area contributed by atoms with E-state index >= 15 is 0 Å². The van der Waals surface area contributed by atoms with Gasteiger partial charge in [-0.05, 0) is 67.9 Å². The molecular formula is C19H23BrN2O2. The lowest BCUT2D eigenvalue weighted by Gasteiger charge is -2.60. The molecule has 3 N–H and O–H groups in total. The average molecular weight is 391 g/mol. The Hall–Kier alpha value is -1.36. The first-order valence-electron chi connectivity index (χ1n) is 8.74. The minimum atomic E-state index is -0.514. The topological polar surface area (TPSA) is 72.2 Å². The van der Waals surface area contributed by atoms with Gasteiger partial charge in [-0.25, -0.2) is 0 Å². The molecule has 24 heavy (non-hydrogen) atoms. The Morgan fingerprint density at radius 2 is 1.83 bits per heavy atom. The van der Waals surface area contributed by atoms with Crippen molar-refractivity contribution < 1.29 is 9.59 Å². The first-order chi connectivity index (χ1) is 11.4. The van der Waals surface area contributed by atoms with Gasteiger partial charge in [-0.3, -0.25) is 9.59 Å². The van der Waals surface area contributed by atoms with Gasteiger partial charge in [-0.1, -0.05) is 28.1 Å². The molecule has 128 valence electrons. The number of amides is 2. The maximum Gasteiger partial charge on any atom is 0.250 e. The van der Waals surface area contributed by atoms with E-state index in [0.717, 1.165) is 18.3 Å². The van der Waals surface area contributed by atoms with E-state index < -0.39 is 5.91 Å². The number of hydrogen-bond acceptors (Lipinski definition) is 2. The Morgan fingerprint density at radius 1 is 1.17 bits per heavy atom. The molecule has 1 aromatic rings. The number of carbonyl (C=O) groups is 2. The number of nitrogens with two attached hydrogens (primary N) is 1. The van der Waals surface area contributed by atoms with Crippen LogP contribution in [-0.4, -0.2) is 16.1 Å². The van der Waals surface area contributed by atoms with Gasteiger partial charge in [0.05, 0.1) is 11.3 Å². The molecule has 5 rings (SSSR count). The van der Waals surface area contributed by atoms with Crippen molar-refractivity contribution in [3.63, 3.8) is 0 Å². The van der Waals surface area contributed by atoms with Crippen LogP contribution in [0.2, 0.25) is 0 Å². The highest BCUT2D eigenvalue weighted by atomic mass is 79.9. The second kappa shape index (κ2) is 5.58. The van der Waals surface area contributed by atoms with Gasteiger partial charge in [0.1, 0.15) is 0 Å². The molecule has 4 fully saturated rings. The summed E-state index contributed by atoms with van der Waals surface area (Å²) in [7, 11) is 0. The maximum atomic E-state index is 12.7. The van der Waals surface area contributed by atoms with Crippen molar-refractivity contribution >= 4 is 33.4 Å². The minimum absolute atomic E-state index is 0.00162. The van der Waals surface area contributed by atoms with Gasteiger partial charge < -0.3 is 11.1 Å². The van der Waals surface area contributed by atoms with Gasteiger partial charge in [0, 0.05) is 10.7 Å². The second-order valence-corrected chi connectivity index (χ2v) is 9.93. The number of halogens is 1. The van der Waals surface area contributed by atoms with Crippen LogP contribution in [0.5, 0.6) is 0 Å². The first kappa shape index (κ1) is 16.1. The van der Waals surface area contributed by atoms with Crippen molar-refractivity contribution in [1.29, 1.82) is 0 Å². The molecule has 0 aromatic heterocycles. The third kappa shape index (κ3) is 2.87. The van der Waals surface area contributed by atoms with Crippen molar-refractivity contribution in [3.05, 3.63) is 29.8 Å². The quantitative estimate of drug-likeness (QED) is 0.766. The Labute approximate surface area is 150 Å². The zero-order valence-electron chi connectivity index (χ0n) is 13.7. The van der Waals surface area contributed by atoms with Gasteiger partial charge in [-0.2, -0.15) is 0 Å². The maximum absolute atomic E-state index is 12.7. The summed E-state index contributed by atoms with van der Waals surface area (Å²) in [4.78, 5) is 24.2. The summed E-state index contributed by atoms with van der Waals surface area (Å²) in [5.41, 5.74) is 6.41. The molecule has 0 spiro atoms. The van der Waals surface area contributed by atoms with E-state index in [2.05, 4.69) is 21.2 Å². The van der Waals surface area contributed by atoms with Crippen LogP contribution in [-0.2, 0) is 4.79 Å². The molecule has 2 unspecified atom stereocenters. The Morgan fingerprint density at radius 3 is 2.46 bits per heavy atom. The van der Waals surface area contributed by atoms with Crippen LogP contribution in [0.4, 0.5) is 5.69 Å². The number of nitrogens with one attached hydrogen (secondary N) is 1. The minimum Gasteiger partial charge on any atom is -0.366 e. The number of hydrogen-bond donors (Lipinski definition) is 2. The van der Waals surface area contributed by atoms with Gasteiger partial charge in [0.2, 0.25) is 5.91 Å². The molecule has 4 bridgehead atoms. The number of carbonyl (C=O) groups excluding carboxylic acids is 2. The summed E-state index contributed by atoms with van der Waals surface area (Å²) in [6.07, 6.45) is 7.83. The molecule has 0 radical (unpaired) electrons. The second-order valence-electron chi connectivity index (χ2n) is 8.25. The van der Waals surface area contributed by atoms with E-state index in [0.29, 0.717) is 17.7 Å². The number of anilines is 1. The van der Waals surface area contributed by atoms with Crippen LogP contribution in [0.3, 0.4) is 0 Å². The largest absolute Gasteiger partial charge is 0.366 e. The standard InChI is InChI=1S/C19H23BrN2O2/c20-19-8-12-5-13(9-19)7-18(6-12,11-19)10-16(23)22-15-4-2-1-3-14(15)17(21)24/h1-4,12-13H,5-11H2,(H2,21,24)(H,22,23). The number of para-hydroxylation sites is 1. The Bertz CT molecular complexity index is 688. The lowest BCUT2D eigenvalue weighted by Crippen LogP contribution is -2.53. The van der Waals surface area contributed by atoms with Gasteiger partial charge in [0.25, 0.3) is 5.91 Å². The molecule has 2 atom stereocenters. The van der Waals surface area contributed by atoms with E-state index in [4.69, 9.17) is 5.73 Å². The van der Waals surface area contributed by atoms with Crippen LogP contribution in [0.25, 0.3) is 0 Å². The Balaban J connectivity index is 1.50. The molecule has 2 amide bonds. The molecule has 4 aliphatic carbocycles. The fraction of sp³-hybridized carbons (Fsp3) is 0.579. The van der Waals surface area contributed by atoms with Crippen molar-refractivity contribution in [2.24, 2.45) is 23.0 Å². The molecule has 5 heteroatoms. The van der Waals surface area contributed by atoms with E-state index in [9.17, 15) is 9.59 Å². The van der Waals surface area contributed by atoms with E-state index in [1.54, 1.807) is 24.3 Å². The molecule has 1 aromatic carbocycles. The average Bonchev–Trinajstić information content (AvgIpc) is 2.43. The van der Waals surface area contributed by atoms with Crippen LogP contribution < -0.4 is 11.1 Å². The number of benzene rings is 1. The van der Waals surface area contributed by atoms with Crippen LogP contribution >= 0.6 is 15.9 Å². The third-order valence-corrected chi connectivity index (χ3v) is 7.04. The van der Waals surface area contributed by atoms with E-state index in [1.165, 1.54) is 32.1 Å². The SMILES string of the molecule is NC(=O)c1ccccc1NC(=O)CC12CC3CC(CC(Br)(C3)C1)C2. The molecule has 4 nitrogen and oxygen atoms in total. The highest BCUT2D eigenvalue weighted by molar-refractivity contribution is 9.10. The predicted molar refractivity (Wildman–Crippen MR) is 97.0 cm³/mol. The zero-order valence-corrected chi connectivity index (χ0v) is 15.3. The number of alkyl halides is 1. The summed E-state index contributed by atoms with van der Waals surface area (Å²) >= 11 is 3.99. The molecule has 0 saturated heterocycles. The summed E-state index contributed by atoms with van der Waals surface area (Å²) in [5.74, 6) is 1.01. The summed E-state index contributed by atoms with van der Waals surface area (Å²) in [5, 5.41) is 2.92. The van der Waals surface area contributed by atoms with Crippen LogP contribution in [0.1, 0.15) is 55.3 Å². The smallest absolute Gasteiger partial charge is 0.250 e. The van der Waals surface area contributed by atoms with Gasteiger partial charge >= 0.3 is 0 Å². The first-order valence-corrected chi connectivity index (χ1v) is 9.53. The van der Waals surface area contributed by atoms with Crippen molar-refractivity contribution in [3.8, 4) is 0 Å². The van der Waals surface area contributed by atoms with Crippen LogP contribution in [0.15, 0.2) is 24.3 Å². The third-order valence-electron chi connectivity index (χ3n) is 6.11. The predicted octanol–water partition coefficient (Wildman–Crippen LogP) is 3.85. The summed E-state index contributed by atoms with van der Waals surface area (Å²) in [6, 6.07) is 6.95. The van der Waals surface area contributed by atoms with Crippen LogP contribution in [0, 0.1) is 17.3 Å². The molecule has 4 saturated carbocycles. The monoisotopic (exact) mass is 390 g/mol. The van der Waals surface area contributed by atoms with Gasteiger partial charge in [0.15, 0.2) is 0 Å². The van der Waals surface area contributed by atoms with Crippen molar-refractivity contribution in [1.82, 2.24) is 0 Å². The summed E-state index contributed by atoms with van der Waals surface area (Å²) < 4.78 is 0.252. The Kier molecular flexibility index (Phi) is 3.75. The lowest BCUT2D eigenvalue weighted by atomic mass is 9.48. The molecular weight excluding hydrogens is 368 g/mol. The number of rotatable bonds is 4. The van der Waals surface area contributed by atoms with E-state index in [1.807, 2.05) is 0 Å². The normalized spacial score (nSPS) is 36.5. The zero-order chi connectivity index (χ0) is 16.9. The molecule has 0 aliphatic heterocycles. The van der Waals surface area contributed by atoms with Crippen molar-refractivity contribution in [2.75, 3.05) is 5.32 Å². The van der Waals surface area contributed by atoms with Gasteiger partial charge in [-0.15, -0.1) is 0 Å². The molecule has 0 heterocycles. The lowest BCUT2D eigenvalue weighted by molar-refractivity contribution is -0.123. The van der Waals surface area contributed by atoms with Crippen molar-refractivity contribution in [2.45, 2.75) is 49.3 Å². The number of primary amides is 1. The highest BCUT2D eigenvalue weighted by Gasteiger charge is 2.57. The summed E-state index contributed by atoms with van der Waals surface area (Å²) in [6.45, 7) is 0. The molecule has 4 aliphatic rings. The van der Waals surface area contributed by atoms with E-state index in [-0.39, 0.29) is 15.6 Å². The fourth-order valence-electron chi connectivity index (χ4n) is 5.88.